The number of halogens is 4. The van der Waals surface area contributed by atoms with Crippen molar-refractivity contribution in [1.29, 1.82) is 0 Å². The number of nitrogens with zero attached hydrogens (tertiary/aromatic N) is 4. The van der Waals surface area contributed by atoms with Gasteiger partial charge in [0, 0.05) is 38.3 Å². The molecule has 2 aliphatic carbocycles. The summed E-state index contributed by atoms with van der Waals surface area (Å²) in [7, 11) is 0. The number of carbonyl (C=O) groups is 1. The van der Waals surface area contributed by atoms with Gasteiger partial charge in [0.15, 0.2) is 11.6 Å². The molecule has 2 aromatic rings. The summed E-state index contributed by atoms with van der Waals surface area (Å²) in [5, 5.41) is 13.6. The summed E-state index contributed by atoms with van der Waals surface area (Å²) in [6.07, 6.45) is -1.33. The Bertz CT molecular complexity index is 1170. The van der Waals surface area contributed by atoms with Crippen molar-refractivity contribution in [2.45, 2.75) is 50.5 Å². The number of aromatic nitrogens is 2. The van der Waals surface area contributed by atoms with Gasteiger partial charge in [-0.25, -0.2) is 14.4 Å². The van der Waals surface area contributed by atoms with Gasteiger partial charge in [0.05, 0.1) is 17.7 Å². The Balaban J connectivity index is 1.29. The van der Waals surface area contributed by atoms with Crippen LogP contribution in [0.4, 0.5) is 23.4 Å². The van der Waals surface area contributed by atoms with Gasteiger partial charge in [0.1, 0.15) is 12.1 Å². The van der Waals surface area contributed by atoms with Crippen LogP contribution in [0, 0.1) is 11.7 Å². The zero-order valence-electron chi connectivity index (χ0n) is 21.0. The standard InChI is InChI=1S/C26H31F4N5O3/c1-15-10-20(36)23-22(15)24(33-14-32-23)34-6-8-35(9-7-34)25(37)18(13-31-12-16-2-3-16)17-4-5-21(19(27)11-17)38-26(28,29)30/h4-5,11,14-16,18,20,31,36H,2-3,6-10,12-13H2,1H3. The monoisotopic (exact) mass is 537 g/mol. The summed E-state index contributed by atoms with van der Waals surface area (Å²) in [4.78, 5) is 26.1. The molecule has 1 amide bonds. The van der Waals surface area contributed by atoms with E-state index in [0.717, 1.165) is 42.9 Å². The van der Waals surface area contributed by atoms with Crippen LogP contribution in [-0.2, 0) is 4.79 Å². The van der Waals surface area contributed by atoms with Crippen molar-refractivity contribution in [3.8, 4) is 5.75 Å². The average molecular weight is 538 g/mol. The van der Waals surface area contributed by atoms with Gasteiger partial charge in [-0.1, -0.05) is 13.0 Å². The largest absolute Gasteiger partial charge is 0.573 e. The van der Waals surface area contributed by atoms with E-state index < -0.39 is 30.0 Å². The molecule has 2 fully saturated rings. The maximum Gasteiger partial charge on any atom is 0.573 e. The number of hydrogen-bond acceptors (Lipinski definition) is 7. The maximum absolute atomic E-state index is 14.5. The first kappa shape index (κ1) is 26.6. The highest BCUT2D eigenvalue weighted by Crippen LogP contribution is 2.43. The molecule has 2 N–H and O–H groups in total. The van der Waals surface area contributed by atoms with E-state index in [1.54, 1.807) is 4.90 Å². The third kappa shape index (κ3) is 5.85. The number of fused-ring (bicyclic) bond motifs is 1. The van der Waals surface area contributed by atoms with Gasteiger partial charge < -0.3 is 25.0 Å². The number of carbonyl (C=O) groups excluding carboxylic acids is 1. The summed E-state index contributed by atoms with van der Waals surface area (Å²) >= 11 is 0. The molecule has 3 unspecified atom stereocenters. The predicted molar refractivity (Wildman–Crippen MR) is 130 cm³/mol. The molecule has 1 aromatic heterocycles. The average Bonchev–Trinajstić information content (AvgIpc) is 3.66. The highest BCUT2D eigenvalue weighted by molar-refractivity contribution is 5.84. The van der Waals surface area contributed by atoms with Crippen LogP contribution in [0.2, 0.25) is 0 Å². The Morgan fingerprint density at radius 3 is 2.61 bits per heavy atom. The van der Waals surface area contributed by atoms with Crippen molar-refractivity contribution in [1.82, 2.24) is 20.2 Å². The van der Waals surface area contributed by atoms with Gasteiger partial charge in [-0.2, -0.15) is 0 Å². The molecule has 38 heavy (non-hydrogen) atoms. The van der Waals surface area contributed by atoms with Crippen molar-refractivity contribution < 1.29 is 32.2 Å². The molecule has 5 rings (SSSR count). The van der Waals surface area contributed by atoms with E-state index in [1.807, 2.05) is 6.92 Å². The molecule has 206 valence electrons. The quantitative estimate of drug-likeness (QED) is 0.499. The Morgan fingerprint density at radius 2 is 1.95 bits per heavy atom. The number of nitrogens with one attached hydrogen (secondary N) is 1. The third-order valence-electron chi connectivity index (χ3n) is 7.53. The van der Waals surface area contributed by atoms with Crippen LogP contribution in [0.3, 0.4) is 0 Å². The van der Waals surface area contributed by atoms with Crippen molar-refractivity contribution in [2.24, 2.45) is 5.92 Å². The second kappa shape index (κ2) is 10.6. The Labute approximate surface area is 218 Å². The molecule has 0 spiro atoms. The smallest absolute Gasteiger partial charge is 0.403 e. The zero-order chi connectivity index (χ0) is 27.0. The van der Waals surface area contributed by atoms with E-state index in [2.05, 4.69) is 24.9 Å². The van der Waals surface area contributed by atoms with Gasteiger partial charge in [-0.15, -0.1) is 13.2 Å². The fraction of sp³-hybridized carbons (Fsp3) is 0.577. The highest BCUT2D eigenvalue weighted by Gasteiger charge is 2.36. The van der Waals surface area contributed by atoms with Crippen LogP contribution in [0.15, 0.2) is 24.5 Å². The van der Waals surface area contributed by atoms with E-state index in [0.29, 0.717) is 49.8 Å². The number of aliphatic hydroxyl groups is 1. The second-order valence-electron chi connectivity index (χ2n) is 10.4. The van der Waals surface area contributed by atoms with E-state index in [1.165, 1.54) is 12.4 Å². The Kier molecular flexibility index (Phi) is 7.45. The van der Waals surface area contributed by atoms with Crippen molar-refractivity contribution in [3.63, 3.8) is 0 Å². The van der Waals surface area contributed by atoms with Crippen LogP contribution in [0.1, 0.15) is 60.9 Å². The molecule has 3 atom stereocenters. The minimum atomic E-state index is -5.01. The van der Waals surface area contributed by atoms with Crippen molar-refractivity contribution in [2.75, 3.05) is 44.2 Å². The molecule has 0 radical (unpaired) electrons. The lowest BCUT2D eigenvalue weighted by molar-refractivity contribution is -0.275. The molecule has 2 heterocycles. The van der Waals surface area contributed by atoms with Gasteiger partial charge in [-0.3, -0.25) is 4.79 Å². The minimum Gasteiger partial charge on any atom is -0.403 e. The second-order valence-corrected chi connectivity index (χ2v) is 10.4. The number of amides is 1. The molecule has 1 saturated carbocycles. The van der Waals surface area contributed by atoms with Crippen LogP contribution < -0.4 is 15.0 Å². The lowest BCUT2D eigenvalue weighted by atomic mass is 9.96. The van der Waals surface area contributed by atoms with Crippen LogP contribution in [-0.4, -0.2) is 71.5 Å². The Hall–Kier alpha value is -2.99. The molecule has 1 aliphatic heterocycles. The van der Waals surface area contributed by atoms with E-state index in [9.17, 15) is 27.5 Å². The Morgan fingerprint density at radius 1 is 1.21 bits per heavy atom. The molecule has 12 heteroatoms. The first-order valence-electron chi connectivity index (χ1n) is 12.9. The predicted octanol–water partition coefficient (Wildman–Crippen LogP) is 3.49. The van der Waals surface area contributed by atoms with E-state index in [-0.39, 0.29) is 18.4 Å². The van der Waals surface area contributed by atoms with Gasteiger partial charge in [-0.05, 0) is 55.3 Å². The molecule has 3 aliphatic rings. The normalized spacial score (nSPS) is 22.4. The number of ether oxygens (including phenoxy) is 1. The number of hydrogen-bond donors (Lipinski definition) is 2. The number of benzene rings is 1. The fourth-order valence-electron chi connectivity index (χ4n) is 5.36. The molecule has 8 nitrogen and oxygen atoms in total. The minimum absolute atomic E-state index is 0.122. The van der Waals surface area contributed by atoms with E-state index >= 15 is 0 Å². The first-order chi connectivity index (χ1) is 18.1. The summed E-state index contributed by atoms with van der Waals surface area (Å²) < 4.78 is 56.0. The summed E-state index contributed by atoms with van der Waals surface area (Å²) in [5.41, 5.74) is 1.89. The zero-order valence-corrected chi connectivity index (χ0v) is 21.0. The van der Waals surface area contributed by atoms with Crippen molar-refractivity contribution in [3.05, 3.63) is 47.2 Å². The van der Waals surface area contributed by atoms with Gasteiger partial charge in [0.25, 0.3) is 0 Å². The number of piperazine rings is 1. The number of aliphatic hydroxyl groups excluding tert-OH is 1. The lowest BCUT2D eigenvalue weighted by Crippen LogP contribution is -2.51. The van der Waals surface area contributed by atoms with Crippen LogP contribution >= 0.6 is 0 Å². The summed E-state index contributed by atoms with van der Waals surface area (Å²) in [6, 6.07) is 3.19. The first-order valence-corrected chi connectivity index (χ1v) is 12.9. The van der Waals surface area contributed by atoms with Gasteiger partial charge in [0.2, 0.25) is 5.91 Å². The fourth-order valence-corrected chi connectivity index (χ4v) is 5.36. The highest BCUT2D eigenvalue weighted by atomic mass is 19.4. The third-order valence-corrected chi connectivity index (χ3v) is 7.53. The summed E-state index contributed by atoms with van der Waals surface area (Å²) in [6.45, 7) is 4.88. The van der Waals surface area contributed by atoms with Crippen LogP contribution in [0.5, 0.6) is 5.75 Å². The van der Waals surface area contributed by atoms with Gasteiger partial charge >= 0.3 is 6.36 Å². The van der Waals surface area contributed by atoms with E-state index in [4.69, 9.17) is 0 Å². The lowest BCUT2D eigenvalue weighted by Gasteiger charge is -2.38. The molecule has 0 bridgehead atoms. The molecule has 1 saturated heterocycles. The number of anilines is 1. The molecular formula is C26H31F4N5O3. The number of rotatable bonds is 8. The molecular weight excluding hydrogens is 506 g/mol. The van der Waals surface area contributed by atoms with Crippen molar-refractivity contribution >= 4 is 11.7 Å². The van der Waals surface area contributed by atoms with Crippen LogP contribution in [0.25, 0.3) is 0 Å². The topological polar surface area (TPSA) is 90.8 Å². The summed E-state index contributed by atoms with van der Waals surface area (Å²) in [5.74, 6) is -1.61. The number of alkyl halides is 3. The SMILES string of the molecule is CC1CC(O)c2ncnc(N3CCN(C(=O)C(CNCC4CC4)c4ccc(OC(F)(F)F)c(F)c4)CC3)c21. The molecule has 1 aromatic carbocycles. The maximum atomic E-state index is 14.5.